The summed E-state index contributed by atoms with van der Waals surface area (Å²) in [4.78, 5) is 12.6. The normalized spacial score (nSPS) is 29.8. The summed E-state index contributed by atoms with van der Waals surface area (Å²) in [5, 5.41) is 8.46. The van der Waals surface area contributed by atoms with Gasteiger partial charge >= 0.3 is 5.97 Å². The highest BCUT2D eigenvalue weighted by molar-refractivity contribution is 5.78. The van der Waals surface area contributed by atoms with Crippen LogP contribution in [0.25, 0.3) is 0 Å². The van der Waals surface area contributed by atoms with Crippen LogP contribution in [0.1, 0.15) is 0 Å². The second kappa shape index (κ2) is 2.98. The molecule has 1 heterocycles. The van der Waals surface area contributed by atoms with Crippen LogP contribution in [0.3, 0.4) is 0 Å². The lowest BCUT2D eigenvalue weighted by Gasteiger charge is -1.97. The Morgan fingerprint density at radius 2 is 2.60 bits per heavy atom. The summed E-state index contributed by atoms with van der Waals surface area (Å²) in [5.74, 6) is -0.201. The van der Waals surface area contributed by atoms with Crippen molar-refractivity contribution in [2.24, 2.45) is 0 Å². The molecule has 0 aromatic carbocycles. The van der Waals surface area contributed by atoms with E-state index in [4.69, 9.17) is 5.11 Å². The minimum absolute atomic E-state index is 0.0860. The monoisotopic (exact) mass is 145 g/mol. The minimum atomic E-state index is -0.201. The van der Waals surface area contributed by atoms with E-state index in [9.17, 15) is 4.79 Å². The Balaban J connectivity index is 2.18. The van der Waals surface area contributed by atoms with Gasteiger partial charge in [0.25, 0.3) is 0 Å². The molecule has 0 saturated carbocycles. The number of rotatable bonds is 3. The number of carbonyl (C=O) groups excluding carboxylic acids is 1. The molecule has 10 heavy (non-hydrogen) atoms. The number of nitrogens with zero attached hydrogens (tertiary/aromatic N) is 1. The number of esters is 1. The number of hydrogen-bond acceptors (Lipinski definition) is 4. The Labute approximate surface area is 59.4 Å². The van der Waals surface area contributed by atoms with Crippen molar-refractivity contribution in [3.8, 4) is 0 Å². The summed E-state index contributed by atoms with van der Waals surface area (Å²) >= 11 is 0. The molecule has 0 bridgehead atoms. The smallest absolute Gasteiger partial charge is 0.324 e. The quantitative estimate of drug-likeness (QED) is 0.402. The van der Waals surface area contributed by atoms with Gasteiger partial charge in [0, 0.05) is 13.1 Å². The molecule has 2 unspecified atom stereocenters. The Kier molecular flexibility index (Phi) is 2.24. The molecule has 0 radical (unpaired) electrons. The van der Waals surface area contributed by atoms with Gasteiger partial charge in [-0.1, -0.05) is 0 Å². The van der Waals surface area contributed by atoms with E-state index in [1.807, 2.05) is 4.90 Å². The van der Waals surface area contributed by atoms with E-state index in [1.165, 1.54) is 7.11 Å². The summed E-state index contributed by atoms with van der Waals surface area (Å²) in [7, 11) is 1.37. The highest BCUT2D eigenvalue weighted by Gasteiger charge is 2.40. The van der Waals surface area contributed by atoms with Crippen LogP contribution in [-0.4, -0.2) is 48.8 Å². The average molecular weight is 145 g/mol. The van der Waals surface area contributed by atoms with Crippen molar-refractivity contribution >= 4 is 5.97 Å². The maximum atomic E-state index is 10.7. The maximum absolute atomic E-state index is 10.7. The Bertz CT molecular complexity index is 137. The van der Waals surface area contributed by atoms with E-state index >= 15 is 0 Å². The first-order valence-electron chi connectivity index (χ1n) is 3.22. The molecule has 58 valence electrons. The zero-order valence-corrected chi connectivity index (χ0v) is 5.91. The van der Waals surface area contributed by atoms with Crippen LogP contribution >= 0.6 is 0 Å². The summed E-state index contributed by atoms with van der Waals surface area (Å²) in [6.07, 6.45) is 0. The van der Waals surface area contributed by atoms with Crippen LogP contribution in [0.5, 0.6) is 0 Å². The van der Waals surface area contributed by atoms with Crippen molar-refractivity contribution in [2.75, 3.05) is 26.8 Å². The molecule has 0 spiro atoms. The van der Waals surface area contributed by atoms with Crippen molar-refractivity contribution in [1.82, 2.24) is 4.90 Å². The largest absolute Gasteiger partial charge is 0.468 e. The zero-order chi connectivity index (χ0) is 7.56. The van der Waals surface area contributed by atoms with E-state index in [0.29, 0.717) is 6.54 Å². The molecular formula is C6H11NO3. The van der Waals surface area contributed by atoms with Crippen molar-refractivity contribution < 1.29 is 14.6 Å². The van der Waals surface area contributed by atoms with Gasteiger partial charge in [0.15, 0.2) is 0 Å². The molecule has 1 saturated heterocycles. The molecule has 0 aromatic rings. The van der Waals surface area contributed by atoms with Gasteiger partial charge in [0.1, 0.15) is 6.04 Å². The highest BCUT2D eigenvalue weighted by Crippen LogP contribution is 2.16. The van der Waals surface area contributed by atoms with E-state index < -0.39 is 0 Å². The first kappa shape index (κ1) is 7.50. The second-order valence-electron chi connectivity index (χ2n) is 2.26. The molecular weight excluding hydrogens is 134 g/mol. The van der Waals surface area contributed by atoms with E-state index in [1.54, 1.807) is 0 Å². The van der Waals surface area contributed by atoms with Crippen LogP contribution in [0.2, 0.25) is 0 Å². The van der Waals surface area contributed by atoms with Gasteiger partial charge in [-0.25, -0.2) is 0 Å². The molecule has 0 amide bonds. The Morgan fingerprint density at radius 3 is 3.10 bits per heavy atom. The number of aliphatic hydroxyl groups is 1. The van der Waals surface area contributed by atoms with Gasteiger partial charge < -0.3 is 9.84 Å². The van der Waals surface area contributed by atoms with Gasteiger partial charge in [0.05, 0.1) is 13.7 Å². The molecule has 2 atom stereocenters. The third-order valence-corrected chi connectivity index (χ3v) is 1.58. The number of carbonyl (C=O) groups is 1. The van der Waals surface area contributed by atoms with Crippen LogP contribution in [0.15, 0.2) is 0 Å². The molecule has 4 heteroatoms. The predicted molar refractivity (Wildman–Crippen MR) is 34.5 cm³/mol. The molecule has 4 nitrogen and oxygen atoms in total. The van der Waals surface area contributed by atoms with Gasteiger partial charge in [-0.3, -0.25) is 9.69 Å². The van der Waals surface area contributed by atoms with Crippen molar-refractivity contribution in [2.45, 2.75) is 6.04 Å². The van der Waals surface area contributed by atoms with Crippen LogP contribution in [0.4, 0.5) is 0 Å². The van der Waals surface area contributed by atoms with Crippen molar-refractivity contribution in [3.05, 3.63) is 0 Å². The lowest BCUT2D eigenvalue weighted by atomic mass is 10.5. The summed E-state index contributed by atoms with van der Waals surface area (Å²) in [6, 6.07) is -0.0860. The first-order valence-corrected chi connectivity index (χ1v) is 3.22. The third kappa shape index (κ3) is 1.46. The molecule has 1 N–H and O–H groups in total. The molecule has 1 fully saturated rings. The lowest BCUT2D eigenvalue weighted by molar-refractivity contribution is -0.140. The van der Waals surface area contributed by atoms with Gasteiger partial charge in [-0.15, -0.1) is 0 Å². The number of methoxy groups -OCH3 is 1. The minimum Gasteiger partial charge on any atom is -0.468 e. The topological polar surface area (TPSA) is 49.5 Å². The van der Waals surface area contributed by atoms with E-state index in [-0.39, 0.29) is 18.6 Å². The Hall–Kier alpha value is -0.610. The lowest BCUT2D eigenvalue weighted by Crippen LogP contribution is -2.16. The molecule has 0 aliphatic carbocycles. The fourth-order valence-electron chi connectivity index (χ4n) is 0.910. The number of β-amino-alcohol motifs (C(OH)–C–C–N with tert-alkyl or cyclic N) is 1. The van der Waals surface area contributed by atoms with Crippen LogP contribution < -0.4 is 0 Å². The summed E-state index contributed by atoms with van der Waals surface area (Å²) < 4.78 is 4.49. The van der Waals surface area contributed by atoms with Crippen LogP contribution in [-0.2, 0) is 9.53 Å². The van der Waals surface area contributed by atoms with E-state index in [2.05, 4.69) is 4.74 Å². The second-order valence-corrected chi connectivity index (χ2v) is 2.26. The fraction of sp³-hybridized carbons (Fsp3) is 0.833. The third-order valence-electron chi connectivity index (χ3n) is 1.58. The molecule has 1 rings (SSSR count). The number of hydrogen-bond donors (Lipinski definition) is 1. The average Bonchev–Trinajstić information content (AvgIpc) is 2.67. The van der Waals surface area contributed by atoms with Crippen molar-refractivity contribution in [3.63, 3.8) is 0 Å². The Morgan fingerprint density at radius 1 is 1.90 bits per heavy atom. The van der Waals surface area contributed by atoms with Crippen molar-refractivity contribution in [1.29, 1.82) is 0 Å². The highest BCUT2D eigenvalue weighted by atomic mass is 16.5. The van der Waals surface area contributed by atoms with E-state index in [0.717, 1.165) is 6.54 Å². The summed E-state index contributed by atoms with van der Waals surface area (Å²) in [6.45, 7) is 1.40. The number of ether oxygens (including phenoxy) is 1. The standard InChI is InChI=1S/C6H11NO3/c1-10-6(9)5-4-7(5)2-3-8/h5,8H,2-4H2,1H3. The predicted octanol–water partition coefficient (Wildman–Crippen LogP) is -1.16. The zero-order valence-electron chi connectivity index (χ0n) is 5.91. The van der Waals surface area contributed by atoms with Gasteiger partial charge in [-0.05, 0) is 0 Å². The SMILES string of the molecule is COC(=O)C1CN1CCO. The fourth-order valence-corrected chi connectivity index (χ4v) is 0.910. The molecule has 1 aliphatic rings. The first-order chi connectivity index (χ1) is 4.79. The van der Waals surface area contributed by atoms with Crippen LogP contribution in [0, 0.1) is 0 Å². The molecule has 0 aromatic heterocycles. The van der Waals surface area contributed by atoms with Gasteiger partial charge in [-0.2, -0.15) is 0 Å². The van der Waals surface area contributed by atoms with Gasteiger partial charge in [0.2, 0.25) is 0 Å². The summed E-state index contributed by atoms with van der Waals surface area (Å²) in [5.41, 5.74) is 0. The molecule has 1 aliphatic heterocycles. The maximum Gasteiger partial charge on any atom is 0.324 e. The number of aliphatic hydroxyl groups excluding tert-OH is 1.